The standard InChI is InChI=1S/C8H16N2O2S.ClH/c1-13(11,12)10(7-2-3-7)8-4-5-9-6-8;/h7-9H,2-6H2,1H3;1H. The zero-order valence-corrected chi connectivity index (χ0v) is 9.90. The number of hydrogen-bond acceptors (Lipinski definition) is 3. The van der Waals surface area contributed by atoms with Crippen molar-refractivity contribution < 1.29 is 8.42 Å². The van der Waals surface area contributed by atoms with E-state index in [0.717, 1.165) is 32.4 Å². The Bertz CT molecular complexity index is 284. The zero-order valence-electron chi connectivity index (χ0n) is 8.27. The van der Waals surface area contributed by atoms with E-state index in [0.29, 0.717) is 6.04 Å². The van der Waals surface area contributed by atoms with Crippen molar-refractivity contribution in [1.82, 2.24) is 9.62 Å². The minimum atomic E-state index is -2.99. The van der Waals surface area contributed by atoms with E-state index in [2.05, 4.69) is 5.32 Å². The van der Waals surface area contributed by atoms with Gasteiger partial charge in [0.2, 0.25) is 10.0 Å². The quantitative estimate of drug-likeness (QED) is 0.767. The number of nitrogens with one attached hydrogen (secondary N) is 1. The van der Waals surface area contributed by atoms with Crippen LogP contribution < -0.4 is 5.32 Å². The van der Waals surface area contributed by atoms with Gasteiger partial charge in [-0.1, -0.05) is 0 Å². The lowest BCUT2D eigenvalue weighted by Gasteiger charge is -2.25. The van der Waals surface area contributed by atoms with Gasteiger partial charge in [-0.3, -0.25) is 0 Å². The molecule has 1 saturated carbocycles. The van der Waals surface area contributed by atoms with Crippen molar-refractivity contribution in [2.75, 3.05) is 19.3 Å². The van der Waals surface area contributed by atoms with Crippen molar-refractivity contribution in [1.29, 1.82) is 0 Å². The second-order valence-corrected chi connectivity index (χ2v) is 5.86. The molecule has 4 nitrogen and oxygen atoms in total. The Balaban J connectivity index is 0.000000980. The van der Waals surface area contributed by atoms with E-state index < -0.39 is 10.0 Å². The third kappa shape index (κ3) is 2.59. The first kappa shape index (κ1) is 12.2. The highest BCUT2D eigenvalue weighted by atomic mass is 35.5. The van der Waals surface area contributed by atoms with Crippen molar-refractivity contribution in [3.63, 3.8) is 0 Å². The molecule has 2 aliphatic rings. The summed E-state index contributed by atoms with van der Waals surface area (Å²) in [6, 6.07) is 0.516. The monoisotopic (exact) mass is 240 g/mol. The molecule has 0 spiro atoms. The molecule has 1 unspecified atom stereocenters. The molecule has 2 fully saturated rings. The molecule has 1 aliphatic heterocycles. The van der Waals surface area contributed by atoms with Crippen molar-refractivity contribution in [3.05, 3.63) is 0 Å². The van der Waals surface area contributed by atoms with Gasteiger partial charge in [-0.25, -0.2) is 8.42 Å². The van der Waals surface area contributed by atoms with Gasteiger partial charge in [0.1, 0.15) is 0 Å². The molecular weight excluding hydrogens is 224 g/mol. The Hall–Kier alpha value is 0.160. The van der Waals surface area contributed by atoms with Crippen molar-refractivity contribution >= 4 is 22.4 Å². The van der Waals surface area contributed by atoms with Gasteiger partial charge in [0, 0.05) is 18.6 Å². The Morgan fingerprint density at radius 3 is 2.21 bits per heavy atom. The second kappa shape index (κ2) is 4.35. The van der Waals surface area contributed by atoms with Crippen LogP contribution in [0.2, 0.25) is 0 Å². The molecule has 1 atom stereocenters. The fraction of sp³-hybridized carbons (Fsp3) is 1.00. The predicted molar refractivity (Wildman–Crippen MR) is 58.2 cm³/mol. The molecule has 0 aromatic heterocycles. The number of hydrogen-bond donors (Lipinski definition) is 1. The summed E-state index contributed by atoms with van der Waals surface area (Å²) in [5, 5.41) is 3.20. The van der Waals surface area contributed by atoms with Gasteiger partial charge in [0.15, 0.2) is 0 Å². The summed E-state index contributed by atoms with van der Waals surface area (Å²) in [6.45, 7) is 1.77. The number of halogens is 1. The summed E-state index contributed by atoms with van der Waals surface area (Å²) in [5.41, 5.74) is 0. The SMILES string of the molecule is CS(=O)(=O)N(C1CC1)C1CCNC1.Cl. The normalized spacial score (nSPS) is 27.7. The predicted octanol–water partition coefficient (Wildman–Crippen LogP) is 0.194. The Kier molecular flexibility index (Phi) is 3.80. The largest absolute Gasteiger partial charge is 0.315 e. The lowest BCUT2D eigenvalue weighted by Crippen LogP contribution is -2.42. The lowest BCUT2D eigenvalue weighted by atomic mass is 10.2. The summed E-state index contributed by atoms with van der Waals surface area (Å²) in [6.07, 6.45) is 4.38. The average molecular weight is 241 g/mol. The van der Waals surface area contributed by atoms with Gasteiger partial charge in [0.25, 0.3) is 0 Å². The topological polar surface area (TPSA) is 49.4 Å². The highest BCUT2D eigenvalue weighted by Crippen LogP contribution is 2.32. The third-order valence-electron chi connectivity index (χ3n) is 2.68. The molecule has 0 bridgehead atoms. The highest BCUT2D eigenvalue weighted by molar-refractivity contribution is 7.88. The zero-order chi connectivity index (χ0) is 9.47. The van der Waals surface area contributed by atoms with E-state index in [-0.39, 0.29) is 18.4 Å². The summed E-state index contributed by atoms with van der Waals surface area (Å²) in [5.74, 6) is 0. The maximum absolute atomic E-state index is 11.5. The van der Waals surface area contributed by atoms with Crippen LogP contribution in [0.3, 0.4) is 0 Å². The molecule has 2 rings (SSSR count). The second-order valence-electron chi connectivity index (χ2n) is 3.97. The van der Waals surface area contributed by atoms with Crippen LogP contribution in [0.25, 0.3) is 0 Å². The first-order chi connectivity index (χ1) is 6.09. The van der Waals surface area contributed by atoms with Crippen molar-refractivity contribution in [3.8, 4) is 0 Å². The molecule has 6 heteroatoms. The Labute approximate surface area is 91.5 Å². The molecule has 84 valence electrons. The van der Waals surface area contributed by atoms with Gasteiger partial charge < -0.3 is 5.32 Å². The summed E-state index contributed by atoms with van der Waals surface area (Å²) in [7, 11) is -2.99. The molecule has 0 aromatic carbocycles. The number of nitrogens with zero attached hydrogens (tertiary/aromatic N) is 1. The summed E-state index contributed by atoms with van der Waals surface area (Å²) >= 11 is 0. The van der Waals surface area contributed by atoms with E-state index in [1.165, 1.54) is 6.26 Å². The average Bonchev–Trinajstić information content (AvgIpc) is 2.63. The van der Waals surface area contributed by atoms with Crippen LogP contribution in [0, 0.1) is 0 Å². The van der Waals surface area contributed by atoms with E-state index in [1.54, 1.807) is 4.31 Å². The molecule has 0 radical (unpaired) electrons. The Morgan fingerprint density at radius 2 is 1.86 bits per heavy atom. The van der Waals surface area contributed by atoms with E-state index >= 15 is 0 Å². The first-order valence-corrected chi connectivity index (χ1v) is 6.63. The maximum atomic E-state index is 11.5. The van der Waals surface area contributed by atoms with Crippen LogP contribution in [-0.2, 0) is 10.0 Å². The molecule has 0 amide bonds. The van der Waals surface area contributed by atoms with Gasteiger partial charge in [0.05, 0.1) is 6.26 Å². The Morgan fingerprint density at radius 1 is 1.21 bits per heavy atom. The number of rotatable bonds is 3. The van der Waals surface area contributed by atoms with Gasteiger partial charge >= 0.3 is 0 Å². The lowest BCUT2D eigenvalue weighted by molar-refractivity contribution is 0.329. The molecule has 1 saturated heterocycles. The first-order valence-electron chi connectivity index (χ1n) is 4.78. The van der Waals surface area contributed by atoms with E-state index in [4.69, 9.17) is 0 Å². The van der Waals surface area contributed by atoms with Crippen molar-refractivity contribution in [2.45, 2.75) is 31.3 Å². The number of sulfonamides is 1. The van der Waals surface area contributed by atoms with E-state index in [1.807, 2.05) is 0 Å². The molecular formula is C8H17ClN2O2S. The van der Waals surface area contributed by atoms with Crippen LogP contribution >= 0.6 is 12.4 Å². The smallest absolute Gasteiger partial charge is 0.211 e. The maximum Gasteiger partial charge on any atom is 0.211 e. The summed E-state index contributed by atoms with van der Waals surface area (Å²) in [4.78, 5) is 0. The molecule has 1 aliphatic carbocycles. The van der Waals surface area contributed by atoms with Crippen LogP contribution in [0.15, 0.2) is 0 Å². The molecule has 14 heavy (non-hydrogen) atoms. The fourth-order valence-electron chi connectivity index (χ4n) is 2.03. The molecule has 1 heterocycles. The van der Waals surface area contributed by atoms with Gasteiger partial charge in [-0.15, -0.1) is 12.4 Å². The van der Waals surface area contributed by atoms with Gasteiger partial charge in [-0.2, -0.15) is 4.31 Å². The van der Waals surface area contributed by atoms with Gasteiger partial charge in [-0.05, 0) is 25.8 Å². The minimum absolute atomic E-state index is 0. The van der Waals surface area contributed by atoms with Crippen LogP contribution in [0.5, 0.6) is 0 Å². The van der Waals surface area contributed by atoms with Crippen LogP contribution in [-0.4, -0.2) is 44.2 Å². The third-order valence-corrected chi connectivity index (χ3v) is 4.05. The minimum Gasteiger partial charge on any atom is -0.315 e. The van der Waals surface area contributed by atoms with Crippen LogP contribution in [0.1, 0.15) is 19.3 Å². The highest BCUT2D eigenvalue weighted by Gasteiger charge is 2.40. The molecule has 1 N–H and O–H groups in total. The summed E-state index contributed by atoms with van der Waals surface area (Å²) < 4.78 is 24.7. The van der Waals surface area contributed by atoms with Crippen molar-refractivity contribution in [2.24, 2.45) is 0 Å². The fourth-order valence-corrected chi connectivity index (χ4v) is 3.50. The van der Waals surface area contributed by atoms with E-state index in [9.17, 15) is 8.42 Å². The van der Waals surface area contributed by atoms with Crippen LogP contribution in [0.4, 0.5) is 0 Å². The molecule has 0 aromatic rings.